The summed E-state index contributed by atoms with van der Waals surface area (Å²) in [4.78, 5) is 0. The summed E-state index contributed by atoms with van der Waals surface area (Å²) >= 11 is 0. The zero-order valence-electron chi connectivity index (χ0n) is 18.7. The lowest BCUT2D eigenvalue weighted by molar-refractivity contribution is 0.349. The molecule has 2 aliphatic carbocycles. The second kappa shape index (κ2) is 8.10. The molecule has 0 saturated heterocycles. The van der Waals surface area contributed by atoms with E-state index in [4.69, 9.17) is 4.42 Å². The molecule has 1 heterocycles. The summed E-state index contributed by atoms with van der Waals surface area (Å²) in [7, 11) is 0. The van der Waals surface area contributed by atoms with Crippen molar-refractivity contribution in [1.29, 1.82) is 0 Å². The zero-order chi connectivity index (χ0) is 20.7. The normalized spacial score (nSPS) is 22.7. The summed E-state index contributed by atoms with van der Waals surface area (Å²) in [5, 5.41) is 2.50. The minimum atomic E-state index is 0.464. The Hall–Kier alpha value is -2.28. The van der Waals surface area contributed by atoms with Crippen LogP contribution in [0.4, 0.5) is 0 Å². The SMILES string of the molecule is CCCC1C(C2CCCCC2)=CC=CC1c1cc2oc3c(C)cccc3c2cc1C. The Morgan fingerprint density at radius 1 is 0.967 bits per heavy atom. The van der Waals surface area contributed by atoms with E-state index in [0.29, 0.717) is 11.8 Å². The van der Waals surface area contributed by atoms with Gasteiger partial charge in [0.1, 0.15) is 11.2 Å². The highest BCUT2D eigenvalue weighted by Gasteiger charge is 2.32. The van der Waals surface area contributed by atoms with Gasteiger partial charge in [-0.25, -0.2) is 0 Å². The lowest BCUT2D eigenvalue weighted by atomic mass is 9.68. The molecule has 1 nitrogen and oxygen atoms in total. The third kappa shape index (κ3) is 3.33. The molecule has 0 spiro atoms. The first-order valence-corrected chi connectivity index (χ1v) is 12.0. The largest absolute Gasteiger partial charge is 0.456 e. The van der Waals surface area contributed by atoms with Crippen molar-refractivity contribution >= 4 is 21.9 Å². The van der Waals surface area contributed by atoms with Crippen LogP contribution >= 0.6 is 0 Å². The van der Waals surface area contributed by atoms with Crippen LogP contribution in [0.1, 0.15) is 74.5 Å². The maximum absolute atomic E-state index is 6.37. The van der Waals surface area contributed by atoms with Crippen molar-refractivity contribution in [2.75, 3.05) is 0 Å². The van der Waals surface area contributed by atoms with Gasteiger partial charge in [-0.05, 0) is 73.8 Å². The predicted octanol–water partition coefficient (Wildman–Crippen LogP) is 8.78. The van der Waals surface area contributed by atoms with Gasteiger partial charge in [0.05, 0.1) is 0 Å². The van der Waals surface area contributed by atoms with Crippen molar-refractivity contribution in [3.63, 3.8) is 0 Å². The van der Waals surface area contributed by atoms with Crippen molar-refractivity contribution in [2.45, 2.75) is 71.6 Å². The van der Waals surface area contributed by atoms with Crippen LogP contribution in [0.15, 0.2) is 58.6 Å². The van der Waals surface area contributed by atoms with E-state index in [-0.39, 0.29) is 0 Å². The van der Waals surface area contributed by atoms with Crippen molar-refractivity contribution in [1.82, 2.24) is 0 Å². The van der Waals surface area contributed by atoms with Gasteiger partial charge in [0.2, 0.25) is 0 Å². The maximum atomic E-state index is 6.37. The van der Waals surface area contributed by atoms with E-state index in [1.165, 1.54) is 72.4 Å². The highest BCUT2D eigenvalue weighted by atomic mass is 16.3. The summed E-state index contributed by atoms with van der Waals surface area (Å²) < 4.78 is 6.37. The van der Waals surface area contributed by atoms with Crippen LogP contribution in [-0.2, 0) is 0 Å². The number of aryl methyl sites for hydroxylation is 2. The lowest BCUT2D eigenvalue weighted by Gasteiger charge is -2.36. The smallest absolute Gasteiger partial charge is 0.138 e. The Kier molecular flexibility index (Phi) is 5.31. The predicted molar refractivity (Wildman–Crippen MR) is 128 cm³/mol. The number of benzene rings is 2. The first-order valence-electron chi connectivity index (χ1n) is 12.0. The monoisotopic (exact) mass is 398 g/mol. The van der Waals surface area contributed by atoms with Gasteiger partial charge in [0, 0.05) is 16.7 Å². The number of hydrogen-bond donors (Lipinski definition) is 0. The fourth-order valence-corrected chi connectivity index (χ4v) is 6.07. The maximum Gasteiger partial charge on any atom is 0.138 e. The topological polar surface area (TPSA) is 13.1 Å². The summed E-state index contributed by atoms with van der Waals surface area (Å²) in [6, 6.07) is 11.2. The number of allylic oxidation sites excluding steroid dienone is 4. The van der Waals surface area contributed by atoms with Crippen LogP contribution in [0, 0.1) is 25.7 Å². The van der Waals surface area contributed by atoms with Crippen LogP contribution in [0.2, 0.25) is 0 Å². The number of para-hydroxylation sites is 1. The fraction of sp³-hybridized carbons (Fsp3) is 0.448. The van der Waals surface area contributed by atoms with Crippen LogP contribution < -0.4 is 0 Å². The average Bonchev–Trinajstić information content (AvgIpc) is 3.13. The summed E-state index contributed by atoms with van der Waals surface area (Å²) in [6.45, 7) is 6.77. The van der Waals surface area contributed by atoms with Gasteiger partial charge in [-0.2, -0.15) is 0 Å². The molecule has 1 heteroatoms. The molecular weight excluding hydrogens is 364 g/mol. The van der Waals surface area contributed by atoms with Gasteiger partial charge in [0.25, 0.3) is 0 Å². The molecular formula is C29H34O. The average molecular weight is 399 g/mol. The molecule has 0 N–H and O–H groups in total. The molecule has 2 unspecified atom stereocenters. The Bertz CT molecular complexity index is 1120. The third-order valence-corrected chi connectivity index (χ3v) is 7.59. The van der Waals surface area contributed by atoms with Gasteiger partial charge >= 0.3 is 0 Å². The van der Waals surface area contributed by atoms with Crippen molar-refractivity contribution in [3.05, 3.63) is 70.8 Å². The molecule has 0 aliphatic heterocycles. The second-order valence-electron chi connectivity index (χ2n) is 9.57. The van der Waals surface area contributed by atoms with E-state index in [1.54, 1.807) is 5.57 Å². The third-order valence-electron chi connectivity index (χ3n) is 7.59. The van der Waals surface area contributed by atoms with Gasteiger partial charge in [0.15, 0.2) is 0 Å². The molecule has 2 atom stereocenters. The minimum absolute atomic E-state index is 0.464. The number of furan rings is 1. The van der Waals surface area contributed by atoms with Crippen molar-refractivity contribution in [2.24, 2.45) is 11.8 Å². The van der Waals surface area contributed by atoms with Gasteiger partial charge in [-0.15, -0.1) is 0 Å². The van der Waals surface area contributed by atoms with E-state index in [9.17, 15) is 0 Å². The molecule has 0 radical (unpaired) electrons. The fourth-order valence-electron chi connectivity index (χ4n) is 6.07. The molecule has 2 aromatic carbocycles. The summed E-state index contributed by atoms with van der Waals surface area (Å²) in [6.07, 6.45) is 16.8. The molecule has 0 amide bonds. The first-order chi connectivity index (χ1) is 14.7. The lowest BCUT2D eigenvalue weighted by Crippen LogP contribution is -2.23. The molecule has 156 valence electrons. The molecule has 3 aromatic rings. The van der Waals surface area contributed by atoms with Gasteiger partial charge in [-0.3, -0.25) is 0 Å². The zero-order valence-corrected chi connectivity index (χ0v) is 18.7. The van der Waals surface area contributed by atoms with E-state index in [2.05, 4.69) is 69.3 Å². The molecule has 2 aliphatic rings. The van der Waals surface area contributed by atoms with Crippen LogP contribution in [0.3, 0.4) is 0 Å². The molecule has 1 saturated carbocycles. The second-order valence-corrected chi connectivity index (χ2v) is 9.57. The van der Waals surface area contributed by atoms with Crippen LogP contribution in [0.5, 0.6) is 0 Å². The van der Waals surface area contributed by atoms with Gasteiger partial charge < -0.3 is 4.42 Å². The van der Waals surface area contributed by atoms with E-state index in [0.717, 1.165) is 17.1 Å². The number of fused-ring (bicyclic) bond motifs is 3. The quantitative estimate of drug-likeness (QED) is 0.428. The Morgan fingerprint density at radius 2 is 1.80 bits per heavy atom. The number of rotatable bonds is 4. The van der Waals surface area contributed by atoms with Gasteiger partial charge in [-0.1, -0.05) is 74.6 Å². The number of hydrogen-bond acceptors (Lipinski definition) is 1. The Balaban J connectivity index is 1.58. The molecule has 5 rings (SSSR count). The van der Waals surface area contributed by atoms with E-state index >= 15 is 0 Å². The van der Waals surface area contributed by atoms with E-state index < -0.39 is 0 Å². The minimum Gasteiger partial charge on any atom is -0.456 e. The van der Waals surface area contributed by atoms with Crippen molar-refractivity contribution in [3.8, 4) is 0 Å². The van der Waals surface area contributed by atoms with Crippen LogP contribution in [-0.4, -0.2) is 0 Å². The highest BCUT2D eigenvalue weighted by molar-refractivity contribution is 6.06. The van der Waals surface area contributed by atoms with Crippen LogP contribution in [0.25, 0.3) is 21.9 Å². The molecule has 1 aromatic heterocycles. The summed E-state index contributed by atoms with van der Waals surface area (Å²) in [5.41, 5.74) is 7.87. The molecule has 1 fully saturated rings. The van der Waals surface area contributed by atoms with Crippen molar-refractivity contribution < 1.29 is 4.42 Å². The highest BCUT2D eigenvalue weighted by Crippen LogP contribution is 2.46. The Morgan fingerprint density at radius 3 is 2.60 bits per heavy atom. The first kappa shape index (κ1) is 19.7. The summed E-state index contributed by atoms with van der Waals surface area (Å²) in [5.74, 6) is 1.89. The Labute approximate surface area is 180 Å². The molecule has 0 bridgehead atoms. The molecule has 30 heavy (non-hydrogen) atoms. The van der Waals surface area contributed by atoms with E-state index in [1.807, 2.05) is 0 Å². The standard InChI is InChI=1S/C29H34O/c1-4-10-23-22(21-12-6-5-7-13-21)14-9-15-24(23)26-18-28-27(17-20(26)3)25-16-8-11-19(2)29(25)30-28/h8-9,11,14-18,21,23-24H,4-7,10,12-13H2,1-3H3.